The third-order valence-corrected chi connectivity index (χ3v) is 4.49. The minimum absolute atomic E-state index is 0.0868. The minimum atomic E-state index is -0.251. The van der Waals surface area contributed by atoms with E-state index in [-0.39, 0.29) is 23.2 Å². The molecule has 1 aromatic carbocycles. The summed E-state index contributed by atoms with van der Waals surface area (Å²) in [6, 6.07) is 7.97. The van der Waals surface area contributed by atoms with E-state index in [1.165, 1.54) is 12.1 Å². The molecule has 134 valence electrons. The molecule has 0 saturated carbocycles. The van der Waals surface area contributed by atoms with Crippen molar-refractivity contribution in [1.82, 2.24) is 10.1 Å². The van der Waals surface area contributed by atoms with Crippen molar-refractivity contribution in [2.75, 3.05) is 11.9 Å². The third kappa shape index (κ3) is 4.25. The van der Waals surface area contributed by atoms with Crippen LogP contribution in [0.4, 0.5) is 10.3 Å². The number of aromatic nitrogens is 1. The van der Waals surface area contributed by atoms with Gasteiger partial charge in [-0.1, -0.05) is 38.1 Å². The Bertz CT molecular complexity index is 734. The number of carbonyl (C=O) groups excluding carboxylic acids is 1. The van der Waals surface area contributed by atoms with Crippen molar-refractivity contribution in [1.29, 1.82) is 0 Å². The summed E-state index contributed by atoms with van der Waals surface area (Å²) < 4.78 is 18.3. The highest BCUT2D eigenvalue weighted by Gasteiger charge is 2.31. The molecule has 1 aliphatic heterocycles. The van der Waals surface area contributed by atoms with Gasteiger partial charge < -0.3 is 4.52 Å². The Morgan fingerprint density at radius 3 is 2.72 bits per heavy atom. The van der Waals surface area contributed by atoms with Crippen molar-refractivity contribution in [2.45, 2.75) is 51.6 Å². The average Bonchev–Trinajstić information content (AvgIpc) is 3.18. The van der Waals surface area contributed by atoms with Crippen LogP contribution in [0.25, 0.3) is 0 Å². The van der Waals surface area contributed by atoms with Crippen LogP contribution < -0.4 is 5.32 Å². The molecule has 1 atom stereocenters. The number of carbonyl (C=O) groups is 1. The van der Waals surface area contributed by atoms with E-state index in [1.807, 2.05) is 20.8 Å². The van der Waals surface area contributed by atoms with Crippen LogP contribution in [0.1, 0.15) is 44.9 Å². The fraction of sp³-hybridized carbons (Fsp3) is 0.474. The predicted octanol–water partition coefficient (Wildman–Crippen LogP) is 3.71. The van der Waals surface area contributed by atoms with E-state index >= 15 is 0 Å². The highest BCUT2D eigenvalue weighted by Crippen LogP contribution is 2.25. The molecule has 1 fully saturated rings. The number of likely N-dealkylation sites (tertiary alicyclic amines) is 1. The summed E-state index contributed by atoms with van der Waals surface area (Å²) in [5.74, 6) is 0.0409. The van der Waals surface area contributed by atoms with Crippen LogP contribution in [0.2, 0.25) is 0 Å². The molecule has 25 heavy (non-hydrogen) atoms. The van der Waals surface area contributed by atoms with Crippen LogP contribution >= 0.6 is 0 Å². The molecule has 0 bridgehead atoms. The lowest BCUT2D eigenvalue weighted by atomic mass is 9.92. The van der Waals surface area contributed by atoms with Crippen LogP contribution in [0.3, 0.4) is 0 Å². The van der Waals surface area contributed by atoms with Crippen LogP contribution in [0.15, 0.2) is 34.9 Å². The largest absolute Gasteiger partial charge is 0.338 e. The molecule has 0 radical (unpaired) electrons. The van der Waals surface area contributed by atoms with E-state index in [9.17, 15) is 9.18 Å². The lowest BCUT2D eigenvalue weighted by Gasteiger charge is -2.23. The fourth-order valence-electron chi connectivity index (χ4n) is 3.03. The zero-order valence-corrected chi connectivity index (χ0v) is 14.9. The SMILES string of the molecule is CC(C)(C)c1cc(NC(=O)[C@@H]2CCCN2Cc2ccc(F)cc2)on1. The van der Waals surface area contributed by atoms with E-state index in [0.717, 1.165) is 30.6 Å². The molecule has 1 aliphatic rings. The Kier molecular flexibility index (Phi) is 4.90. The molecule has 1 N–H and O–H groups in total. The lowest BCUT2D eigenvalue weighted by molar-refractivity contribution is -0.120. The van der Waals surface area contributed by atoms with Gasteiger partial charge in [-0.15, -0.1) is 0 Å². The molecule has 1 amide bonds. The molecule has 1 aromatic heterocycles. The standard InChI is InChI=1S/C19H24FN3O2/c1-19(2,3)16-11-17(25-22-16)21-18(24)15-5-4-10-23(15)12-13-6-8-14(20)9-7-13/h6-9,11,15H,4-5,10,12H2,1-3H3,(H,21,24)/t15-/m0/s1. The van der Waals surface area contributed by atoms with Gasteiger partial charge in [0.15, 0.2) is 0 Å². The van der Waals surface area contributed by atoms with Gasteiger partial charge in [0.25, 0.3) is 0 Å². The fourth-order valence-corrected chi connectivity index (χ4v) is 3.03. The van der Waals surface area contributed by atoms with Crippen molar-refractivity contribution in [3.05, 3.63) is 47.4 Å². The summed E-state index contributed by atoms with van der Waals surface area (Å²) in [5, 5.41) is 6.85. The van der Waals surface area contributed by atoms with Crippen LogP contribution in [-0.2, 0) is 16.8 Å². The van der Waals surface area contributed by atoms with E-state index in [4.69, 9.17) is 4.52 Å². The first kappa shape index (κ1) is 17.6. The molecule has 0 aliphatic carbocycles. The maximum Gasteiger partial charge on any atom is 0.244 e. The van der Waals surface area contributed by atoms with Gasteiger partial charge in [-0.2, -0.15) is 0 Å². The van der Waals surface area contributed by atoms with Crippen molar-refractivity contribution in [3.8, 4) is 0 Å². The van der Waals surface area contributed by atoms with Gasteiger partial charge in [0.1, 0.15) is 5.82 Å². The quantitative estimate of drug-likeness (QED) is 0.918. The Hall–Kier alpha value is -2.21. The van der Waals surface area contributed by atoms with E-state index in [1.54, 1.807) is 18.2 Å². The summed E-state index contributed by atoms with van der Waals surface area (Å²) >= 11 is 0. The molecule has 0 unspecified atom stereocenters. The number of benzene rings is 1. The summed E-state index contributed by atoms with van der Waals surface area (Å²) in [4.78, 5) is 14.7. The number of anilines is 1. The van der Waals surface area contributed by atoms with E-state index in [0.29, 0.717) is 12.4 Å². The number of halogens is 1. The number of hydrogen-bond acceptors (Lipinski definition) is 4. The van der Waals surface area contributed by atoms with Gasteiger partial charge in [0.2, 0.25) is 11.8 Å². The molecular weight excluding hydrogens is 321 g/mol. The second kappa shape index (κ2) is 6.96. The second-order valence-electron chi connectivity index (χ2n) is 7.57. The highest BCUT2D eigenvalue weighted by atomic mass is 19.1. The maximum atomic E-state index is 13.0. The van der Waals surface area contributed by atoms with Gasteiger partial charge in [0, 0.05) is 18.0 Å². The van der Waals surface area contributed by atoms with E-state index in [2.05, 4.69) is 15.4 Å². The van der Waals surface area contributed by atoms with Crippen molar-refractivity contribution >= 4 is 11.8 Å². The first-order valence-corrected chi connectivity index (χ1v) is 8.59. The molecule has 5 nitrogen and oxygen atoms in total. The molecule has 1 saturated heterocycles. The Morgan fingerprint density at radius 2 is 2.08 bits per heavy atom. The van der Waals surface area contributed by atoms with Crippen molar-refractivity contribution in [3.63, 3.8) is 0 Å². The monoisotopic (exact) mass is 345 g/mol. The minimum Gasteiger partial charge on any atom is -0.338 e. The topological polar surface area (TPSA) is 58.4 Å². The van der Waals surface area contributed by atoms with Gasteiger partial charge in [-0.3, -0.25) is 15.0 Å². The highest BCUT2D eigenvalue weighted by molar-refractivity contribution is 5.93. The lowest BCUT2D eigenvalue weighted by Crippen LogP contribution is -2.39. The zero-order chi connectivity index (χ0) is 18.0. The summed E-state index contributed by atoms with van der Waals surface area (Å²) in [6.07, 6.45) is 1.76. The van der Waals surface area contributed by atoms with Gasteiger partial charge in [-0.25, -0.2) is 4.39 Å². The van der Waals surface area contributed by atoms with Crippen LogP contribution in [0, 0.1) is 5.82 Å². The Balaban J connectivity index is 1.64. The molecular formula is C19H24FN3O2. The predicted molar refractivity (Wildman–Crippen MR) is 93.7 cm³/mol. The van der Waals surface area contributed by atoms with Gasteiger partial charge in [0.05, 0.1) is 11.7 Å². The summed E-state index contributed by atoms with van der Waals surface area (Å²) in [7, 11) is 0. The molecule has 0 spiro atoms. The second-order valence-corrected chi connectivity index (χ2v) is 7.57. The maximum absolute atomic E-state index is 13.0. The number of amides is 1. The first-order chi connectivity index (χ1) is 11.8. The molecule has 2 aromatic rings. The normalized spacial score (nSPS) is 18.5. The van der Waals surface area contributed by atoms with Crippen LogP contribution in [0.5, 0.6) is 0 Å². The number of rotatable bonds is 4. The number of nitrogens with zero attached hydrogens (tertiary/aromatic N) is 2. The van der Waals surface area contributed by atoms with Gasteiger partial charge >= 0.3 is 0 Å². The van der Waals surface area contributed by atoms with E-state index < -0.39 is 0 Å². The van der Waals surface area contributed by atoms with Gasteiger partial charge in [-0.05, 0) is 37.1 Å². The first-order valence-electron chi connectivity index (χ1n) is 8.59. The average molecular weight is 345 g/mol. The molecule has 6 heteroatoms. The molecule has 2 heterocycles. The number of nitrogens with one attached hydrogen (secondary N) is 1. The third-order valence-electron chi connectivity index (χ3n) is 4.49. The summed E-state index contributed by atoms with van der Waals surface area (Å²) in [5.41, 5.74) is 1.67. The zero-order valence-electron chi connectivity index (χ0n) is 14.9. The smallest absolute Gasteiger partial charge is 0.244 e. The Labute approximate surface area is 147 Å². The van der Waals surface area contributed by atoms with Crippen molar-refractivity contribution < 1.29 is 13.7 Å². The summed E-state index contributed by atoms with van der Waals surface area (Å²) in [6.45, 7) is 7.59. The number of hydrogen-bond donors (Lipinski definition) is 1. The Morgan fingerprint density at radius 1 is 1.36 bits per heavy atom. The van der Waals surface area contributed by atoms with Crippen molar-refractivity contribution in [2.24, 2.45) is 0 Å². The van der Waals surface area contributed by atoms with Crippen LogP contribution in [-0.4, -0.2) is 28.6 Å². The molecule has 3 rings (SSSR count).